The third kappa shape index (κ3) is 2.00. The highest BCUT2D eigenvalue weighted by atomic mass is 19.1. The topological polar surface area (TPSA) is 77.1 Å². The van der Waals surface area contributed by atoms with Gasteiger partial charge in [-0.2, -0.15) is 0 Å². The summed E-state index contributed by atoms with van der Waals surface area (Å²) in [4.78, 5) is 25.0. The lowest BCUT2D eigenvalue weighted by molar-refractivity contribution is 0.102. The number of carbonyl (C=O) groups excluding carboxylic acids is 2. The quantitative estimate of drug-likeness (QED) is 0.557. The van der Waals surface area contributed by atoms with E-state index < -0.39 is 11.7 Å². The van der Waals surface area contributed by atoms with Crippen LogP contribution >= 0.6 is 0 Å². The maximum atomic E-state index is 13.1. The first-order chi connectivity index (χ1) is 11.6. The van der Waals surface area contributed by atoms with Gasteiger partial charge in [-0.3, -0.25) is 9.59 Å². The SMILES string of the molecule is Nc1cc(F)ccc1NC(=O)c1cccc2c1-n1cccc1C2=O. The van der Waals surface area contributed by atoms with Crippen molar-refractivity contribution in [2.75, 3.05) is 11.1 Å². The van der Waals surface area contributed by atoms with E-state index in [2.05, 4.69) is 5.32 Å². The average molecular weight is 321 g/mol. The van der Waals surface area contributed by atoms with Gasteiger partial charge in [0.25, 0.3) is 5.91 Å². The van der Waals surface area contributed by atoms with E-state index in [0.717, 1.165) is 6.07 Å². The van der Waals surface area contributed by atoms with Gasteiger partial charge in [-0.05, 0) is 42.5 Å². The fourth-order valence-corrected chi connectivity index (χ4v) is 2.91. The molecule has 2 heterocycles. The van der Waals surface area contributed by atoms with Gasteiger partial charge in [0.15, 0.2) is 0 Å². The molecule has 6 heteroatoms. The number of para-hydroxylation sites is 1. The van der Waals surface area contributed by atoms with Crippen LogP contribution in [0.1, 0.15) is 26.4 Å². The van der Waals surface area contributed by atoms with Crippen molar-refractivity contribution < 1.29 is 14.0 Å². The molecule has 1 aliphatic heterocycles. The number of amides is 1. The summed E-state index contributed by atoms with van der Waals surface area (Å²) in [6, 6.07) is 12.2. The van der Waals surface area contributed by atoms with Gasteiger partial charge in [-0.15, -0.1) is 0 Å². The van der Waals surface area contributed by atoms with Crippen LogP contribution in [0.4, 0.5) is 15.8 Å². The molecule has 0 bridgehead atoms. The van der Waals surface area contributed by atoms with Gasteiger partial charge in [-0.1, -0.05) is 6.07 Å². The van der Waals surface area contributed by atoms with Crippen LogP contribution in [0.3, 0.4) is 0 Å². The van der Waals surface area contributed by atoms with E-state index in [1.807, 2.05) is 0 Å². The van der Waals surface area contributed by atoms with E-state index in [1.165, 1.54) is 12.1 Å². The first kappa shape index (κ1) is 14.2. The van der Waals surface area contributed by atoms with E-state index in [4.69, 9.17) is 5.73 Å². The zero-order valence-electron chi connectivity index (χ0n) is 12.4. The molecule has 0 unspecified atom stereocenters. The second-order valence-corrected chi connectivity index (χ2v) is 5.48. The number of hydrogen-bond donors (Lipinski definition) is 2. The molecule has 1 aliphatic rings. The van der Waals surface area contributed by atoms with Crippen LogP contribution in [0.15, 0.2) is 54.7 Å². The van der Waals surface area contributed by atoms with Crippen LogP contribution in [0.25, 0.3) is 5.69 Å². The number of carbonyl (C=O) groups is 2. The van der Waals surface area contributed by atoms with Crippen LogP contribution in [0.5, 0.6) is 0 Å². The van der Waals surface area contributed by atoms with Gasteiger partial charge < -0.3 is 15.6 Å². The van der Waals surface area contributed by atoms with Crippen molar-refractivity contribution >= 4 is 23.1 Å². The standard InChI is InChI=1S/C18H12FN3O2/c19-10-6-7-14(13(20)9-10)21-18(24)12-4-1-3-11-16(12)22-8-2-5-15(22)17(11)23/h1-9H,20H2,(H,21,24). The highest BCUT2D eigenvalue weighted by Crippen LogP contribution is 2.31. The van der Waals surface area contributed by atoms with Gasteiger partial charge in [0.05, 0.1) is 28.3 Å². The normalized spacial score (nSPS) is 12.0. The van der Waals surface area contributed by atoms with E-state index in [-0.39, 0.29) is 11.5 Å². The van der Waals surface area contributed by atoms with Crippen molar-refractivity contribution in [2.24, 2.45) is 0 Å². The summed E-state index contributed by atoms with van der Waals surface area (Å²) in [5.41, 5.74) is 8.06. The maximum absolute atomic E-state index is 13.1. The lowest BCUT2D eigenvalue weighted by atomic mass is 10.0. The number of nitrogens with two attached hydrogens (primary N) is 1. The summed E-state index contributed by atoms with van der Waals surface area (Å²) in [6.07, 6.45) is 1.74. The second kappa shape index (κ2) is 5.06. The number of aromatic nitrogens is 1. The van der Waals surface area contributed by atoms with Crippen LogP contribution < -0.4 is 11.1 Å². The third-order valence-corrected chi connectivity index (χ3v) is 4.01. The number of hydrogen-bond acceptors (Lipinski definition) is 3. The first-order valence-electron chi connectivity index (χ1n) is 7.28. The van der Waals surface area contributed by atoms with Crippen molar-refractivity contribution in [3.8, 4) is 5.69 Å². The Morgan fingerprint density at radius 3 is 2.75 bits per heavy atom. The van der Waals surface area contributed by atoms with Crippen molar-refractivity contribution in [3.63, 3.8) is 0 Å². The highest BCUT2D eigenvalue weighted by Gasteiger charge is 2.30. The number of nitrogens with one attached hydrogen (secondary N) is 1. The Morgan fingerprint density at radius 2 is 1.96 bits per heavy atom. The Bertz CT molecular complexity index is 1010. The molecule has 0 aliphatic carbocycles. The smallest absolute Gasteiger partial charge is 0.257 e. The minimum atomic E-state index is -0.478. The molecule has 0 atom stereocenters. The van der Waals surface area contributed by atoms with Gasteiger partial charge in [-0.25, -0.2) is 4.39 Å². The molecule has 1 amide bonds. The zero-order valence-corrected chi connectivity index (χ0v) is 12.4. The molecule has 118 valence electrons. The van der Waals surface area contributed by atoms with Crippen LogP contribution in [-0.4, -0.2) is 16.3 Å². The van der Waals surface area contributed by atoms with Crippen molar-refractivity contribution in [1.29, 1.82) is 0 Å². The summed E-state index contributed by atoms with van der Waals surface area (Å²) < 4.78 is 14.8. The summed E-state index contributed by atoms with van der Waals surface area (Å²) >= 11 is 0. The summed E-state index contributed by atoms with van der Waals surface area (Å²) in [6.45, 7) is 0. The van der Waals surface area contributed by atoms with Crippen LogP contribution in [-0.2, 0) is 0 Å². The molecule has 3 aromatic rings. The third-order valence-electron chi connectivity index (χ3n) is 4.01. The van der Waals surface area contributed by atoms with Gasteiger partial charge in [0.1, 0.15) is 5.82 Å². The Morgan fingerprint density at radius 1 is 1.12 bits per heavy atom. The summed E-state index contributed by atoms with van der Waals surface area (Å²) in [5, 5.41) is 2.67. The molecule has 4 rings (SSSR count). The molecule has 2 aromatic carbocycles. The monoisotopic (exact) mass is 321 g/mol. The molecule has 0 saturated carbocycles. The molecule has 0 spiro atoms. The fourth-order valence-electron chi connectivity index (χ4n) is 2.91. The van der Waals surface area contributed by atoms with Crippen molar-refractivity contribution in [1.82, 2.24) is 4.57 Å². The number of ketones is 1. The lowest BCUT2D eigenvalue weighted by Gasteiger charge is -2.12. The van der Waals surface area contributed by atoms with Crippen LogP contribution in [0, 0.1) is 5.82 Å². The van der Waals surface area contributed by atoms with Crippen molar-refractivity contribution in [3.05, 3.63) is 77.4 Å². The number of nitrogens with zero attached hydrogens (tertiary/aromatic N) is 1. The van der Waals surface area contributed by atoms with Gasteiger partial charge in [0.2, 0.25) is 5.78 Å². The lowest BCUT2D eigenvalue weighted by Crippen LogP contribution is -2.16. The highest BCUT2D eigenvalue weighted by molar-refractivity contribution is 6.18. The number of rotatable bonds is 2. The molecule has 0 saturated heterocycles. The first-order valence-corrected chi connectivity index (χ1v) is 7.28. The zero-order chi connectivity index (χ0) is 16.8. The van der Waals surface area contributed by atoms with E-state index >= 15 is 0 Å². The second-order valence-electron chi connectivity index (χ2n) is 5.48. The predicted molar refractivity (Wildman–Crippen MR) is 88.0 cm³/mol. The van der Waals surface area contributed by atoms with E-state index in [0.29, 0.717) is 28.2 Å². The van der Waals surface area contributed by atoms with E-state index in [1.54, 1.807) is 41.1 Å². The number of halogens is 1. The minimum Gasteiger partial charge on any atom is -0.397 e. The minimum absolute atomic E-state index is 0.119. The largest absolute Gasteiger partial charge is 0.397 e. The van der Waals surface area contributed by atoms with E-state index in [9.17, 15) is 14.0 Å². The molecule has 5 nitrogen and oxygen atoms in total. The molecule has 24 heavy (non-hydrogen) atoms. The molecular formula is C18H12FN3O2. The fraction of sp³-hybridized carbons (Fsp3) is 0. The summed E-state index contributed by atoms with van der Waals surface area (Å²) in [7, 11) is 0. The number of anilines is 2. The Hall–Kier alpha value is -3.41. The number of fused-ring (bicyclic) bond motifs is 3. The molecule has 3 N–H and O–H groups in total. The molecular weight excluding hydrogens is 309 g/mol. The molecule has 1 aromatic heterocycles. The van der Waals surface area contributed by atoms with Crippen LogP contribution in [0.2, 0.25) is 0 Å². The summed E-state index contributed by atoms with van der Waals surface area (Å²) in [5.74, 6) is -1.01. The Balaban J connectivity index is 1.77. The Kier molecular flexibility index (Phi) is 2.99. The van der Waals surface area contributed by atoms with Crippen molar-refractivity contribution in [2.45, 2.75) is 0 Å². The van der Waals surface area contributed by atoms with Gasteiger partial charge in [0, 0.05) is 11.8 Å². The Labute approximate surface area is 136 Å². The number of benzene rings is 2. The molecule has 0 radical (unpaired) electrons. The molecule has 0 fully saturated rings. The predicted octanol–water partition coefficient (Wildman–Crippen LogP) is 3.00. The maximum Gasteiger partial charge on any atom is 0.257 e. The van der Waals surface area contributed by atoms with Gasteiger partial charge >= 0.3 is 0 Å². The average Bonchev–Trinajstić information content (AvgIpc) is 3.13. The number of nitrogen functional groups attached to an aromatic ring is 1.